The average Bonchev–Trinajstić information content (AvgIpc) is 3.57. The largest absolute Gasteiger partial charge is 0.476 e. The van der Waals surface area contributed by atoms with E-state index in [4.69, 9.17) is 20.9 Å². The van der Waals surface area contributed by atoms with Crippen molar-refractivity contribution in [1.82, 2.24) is 39.9 Å². The van der Waals surface area contributed by atoms with Crippen LogP contribution in [0.4, 0.5) is 11.9 Å². The second-order valence-electron chi connectivity index (χ2n) is 9.61. The first-order valence-electron chi connectivity index (χ1n) is 12.8. The average molecular weight is 495 g/mol. The van der Waals surface area contributed by atoms with Crippen LogP contribution in [0.2, 0.25) is 0 Å². The molecule has 4 aromatic rings. The number of nitrogens with one attached hydrogen (secondary N) is 2. The normalized spacial score (nSPS) is 17.1. The lowest BCUT2D eigenvalue weighted by Crippen LogP contribution is -2.16. The highest BCUT2D eigenvalue weighted by molar-refractivity contribution is 5.77. The predicted octanol–water partition coefficient (Wildman–Crippen LogP) is 3.79. The zero-order valence-electron chi connectivity index (χ0n) is 20.4. The topological polar surface area (TPSA) is 179 Å². The first-order valence-corrected chi connectivity index (χ1v) is 12.8. The number of fused-ring (bicyclic) bond motifs is 2. The summed E-state index contributed by atoms with van der Waals surface area (Å²) in [6.07, 6.45) is 16.0. The Morgan fingerprint density at radius 2 is 1.06 bits per heavy atom. The predicted molar refractivity (Wildman–Crippen MR) is 136 cm³/mol. The highest BCUT2D eigenvalue weighted by Gasteiger charge is 2.17. The maximum absolute atomic E-state index is 5.80. The molecule has 0 spiro atoms. The van der Waals surface area contributed by atoms with Gasteiger partial charge in [-0.05, 0) is 37.5 Å². The smallest absolute Gasteiger partial charge is 0.245 e. The van der Waals surface area contributed by atoms with Crippen LogP contribution in [-0.4, -0.2) is 53.1 Å². The Bertz CT molecular complexity index is 1160. The van der Waals surface area contributed by atoms with Gasteiger partial charge in [0.15, 0.2) is 11.3 Å². The molecule has 0 aromatic carbocycles. The van der Waals surface area contributed by atoms with Crippen molar-refractivity contribution < 1.29 is 9.47 Å². The molecule has 2 aliphatic carbocycles. The van der Waals surface area contributed by atoms with Crippen molar-refractivity contribution in [3.05, 3.63) is 12.7 Å². The van der Waals surface area contributed by atoms with E-state index >= 15 is 0 Å². The van der Waals surface area contributed by atoms with Crippen LogP contribution >= 0.6 is 0 Å². The third kappa shape index (κ3) is 5.92. The number of anilines is 2. The number of nitrogens with zero attached hydrogens (tertiary/aromatic N) is 6. The lowest BCUT2D eigenvalue weighted by atomic mass is 9.90. The van der Waals surface area contributed by atoms with E-state index in [0.29, 0.717) is 48.1 Å². The maximum Gasteiger partial charge on any atom is 0.245 e. The molecule has 2 saturated carbocycles. The van der Waals surface area contributed by atoms with Gasteiger partial charge in [0.2, 0.25) is 23.7 Å². The van der Waals surface area contributed by atoms with Gasteiger partial charge in [-0.25, -0.2) is 9.97 Å². The van der Waals surface area contributed by atoms with E-state index in [1.165, 1.54) is 64.2 Å². The van der Waals surface area contributed by atoms with Gasteiger partial charge in [0.05, 0.1) is 25.9 Å². The third-order valence-electron chi connectivity index (χ3n) is 6.90. The Morgan fingerprint density at radius 3 is 1.47 bits per heavy atom. The summed E-state index contributed by atoms with van der Waals surface area (Å²) in [6.45, 7) is 1.40. The third-order valence-corrected chi connectivity index (χ3v) is 6.90. The van der Waals surface area contributed by atoms with Crippen molar-refractivity contribution in [3.63, 3.8) is 0 Å². The summed E-state index contributed by atoms with van der Waals surface area (Å²) in [7, 11) is 0. The highest BCUT2D eigenvalue weighted by atomic mass is 16.5. The monoisotopic (exact) mass is 494 g/mol. The number of hydrogen-bond acceptors (Lipinski definition) is 10. The van der Waals surface area contributed by atoms with Crippen molar-refractivity contribution in [2.45, 2.75) is 64.2 Å². The minimum Gasteiger partial charge on any atom is -0.476 e. The van der Waals surface area contributed by atoms with Gasteiger partial charge in [-0.3, -0.25) is 0 Å². The van der Waals surface area contributed by atoms with Crippen molar-refractivity contribution >= 4 is 34.2 Å². The molecule has 0 aliphatic heterocycles. The number of ether oxygens (including phenoxy) is 2. The first-order chi connectivity index (χ1) is 17.7. The van der Waals surface area contributed by atoms with Gasteiger partial charge in [-0.1, -0.05) is 38.5 Å². The molecule has 2 aliphatic rings. The number of imidazole rings is 2. The van der Waals surface area contributed by atoms with Crippen LogP contribution in [0, 0.1) is 11.8 Å². The zero-order chi connectivity index (χ0) is 24.7. The van der Waals surface area contributed by atoms with Crippen molar-refractivity contribution in [2.75, 3.05) is 24.7 Å². The second kappa shape index (κ2) is 11.4. The van der Waals surface area contributed by atoms with Crippen LogP contribution < -0.4 is 20.9 Å². The fourth-order valence-electron chi connectivity index (χ4n) is 4.96. The number of H-pyrrole nitrogens is 2. The molecule has 4 heterocycles. The van der Waals surface area contributed by atoms with Crippen LogP contribution in [0.5, 0.6) is 11.8 Å². The zero-order valence-corrected chi connectivity index (χ0v) is 20.4. The summed E-state index contributed by atoms with van der Waals surface area (Å²) in [5, 5.41) is 0. The maximum atomic E-state index is 5.80. The molecule has 0 amide bonds. The molecule has 0 unspecified atom stereocenters. The fourth-order valence-corrected chi connectivity index (χ4v) is 4.96. The molecule has 0 bridgehead atoms. The van der Waals surface area contributed by atoms with Gasteiger partial charge in [0.25, 0.3) is 0 Å². The molecule has 0 saturated heterocycles. The standard InChI is InChI=1S/2C12H17N5O/c2*13-12-16-10-9(14-7-15-10)11(17-12)18-6-8-4-2-1-3-5-8/h2*7-8H,1-6H2,(H3,13,14,15,16,17). The molecule has 36 heavy (non-hydrogen) atoms. The number of nitrogen functional groups attached to an aromatic ring is 2. The van der Waals surface area contributed by atoms with E-state index in [9.17, 15) is 0 Å². The molecular weight excluding hydrogens is 460 g/mol. The lowest BCUT2D eigenvalue weighted by molar-refractivity contribution is 0.204. The number of nitrogens with two attached hydrogens (primary N) is 2. The van der Waals surface area contributed by atoms with Crippen molar-refractivity contribution in [2.24, 2.45) is 11.8 Å². The van der Waals surface area contributed by atoms with E-state index in [1.54, 1.807) is 12.7 Å². The lowest BCUT2D eigenvalue weighted by Gasteiger charge is -2.21. The van der Waals surface area contributed by atoms with E-state index in [-0.39, 0.29) is 11.9 Å². The Kier molecular flexibility index (Phi) is 7.58. The Balaban J connectivity index is 0.000000148. The van der Waals surface area contributed by atoms with Gasteiger partial charge >= 0.3 is 0 Å². The Morgan fingerprint density at radius 1 is 0.639 bits per heavy atom. The summed E-state index contributed by atoms with van der Waals surface area (Å²) in [6, 6.07) is 0. The van der Waals surface area contributed by atoms with Crippen molar-refractivity contribution in [1.29, 1.82) is 0 Å². The summed E-state index contributed by atoms with van der Waals surface area (Å²) in [5.41, 5.74) is 13.8. The summed E-state index contributed by atoms with van der Waals surface area (Å²) in [4.78, 5) is 30.4. The second-order valence-corrected chi connectivity index (χ2v) is 9.61. The number of aromatic nitrogens is 8. The quantitative estimate of drug-likeness (QED) is 0.308. The Labute approximate surface area is 209 Å². The van der Waals surface area contributed by atoms with Crippen LogP contribution in [0.25, 0.3) is 22.3 Å². The van der Waals surface area contributed by atoms with Gasteiger partial charge in [-0.15, -0.1) is 0 Å². The molecule has 192 valence electrons. The highest BCUT2D eigenvalue weighted by Crippen LogP contribution is 2.27. The molecule has 12 nitrogen and oxygen atoms in total. The summed E-state index contributed by atoms with van der Waals surface area (Å²) >= 11 is 0. The molecule has 6 rings (SSSR count). The molecule has 0 atom stereocenters. The van der Waals surface area contributed by atoms with Crippen LogP contribution in [0.15, 0.2) is 12.7 Å². The molecule has 2 fully saturated rings. The van der Waals surface area contributed by atoms with Crippen LogP contribution in [-0.2, 0) is 0 Å². The molecule has 4 aromatic heterocycles. The Hall–Kier alpha value is -3.70. The molecule has 6 N–H and O–H groups in total. The number of aromatic amines is 2. The molecule has 0 radical (unpaired) electrons. The summed E-state index contributed by atoms with van der Waals surface area (Å²) < 4.78 is 11.6. The van der Waals surface area contributed by atoms with E-state index in [1.807, 2.05) is 0 Å². The van der Waals surface area contributed by atoms with Gasteiger partial charge in [0.1, 0.15) is 11.0 Å². The first kappa shape index (κ1) is 24.0. The number of hydrogen-bond donors (Lipinski definition) is 4. The SMILES string of the molecule is Nc1nc(OCC2CCCCC2)c2[nH]cnc2n1.Nc1nc(OCC2CCCCC2)c2[nH]cnc2n1. The molecule has 12 heteroatoms. The van der Waals surface area contributed by atoms with Crippen LogP contribution in [0.3, 0.4) is 0 Å². The number of rotatable bonds is 6. The van der Waals surface area contributed by atoms with Crippen LogP contribution in [0.1, 0.15) is 64.2 Å². The summed E-state index contributed by atoms with van der Waals surface area (Å²) in [5.74, 6) is 2.70. The van der Waals surface area contributed by atoms with Gasteiger partial charge < -0.3 is 30.9 Å². The molecular formula is C24H34N10O2. The van der Waals surface area contributed by atoms with Gasteiger partial charge in [0, 0.05) is 0 Å². The van der Waals surface area contributed by atoms with E-state index < -0.39 is 0 Å². The minimum atomic E-state index is 0.202. The fraction of sp³-hybridized carbons (Fsp3) is 0.583. The van der Waals surface area contributed by atoms with Crippen molar-refractivity contribution in [3.8, 4) is 11.8 Å². The van der Waals surface area contributed by atoms with Gasteiger partial charge in [-0.2, -0.15) is 19.9 Å². The minimum absolute atomic E-state index is 0.202. The van der Waals surface area contributed by atoms with E-state index in [2.05, 4.69) is 39.9 Å². The van der Waals surface area contributed by atoms with E-state index in [0.717, 1.165) is 11.0 Å².